The molecule has 0 atom stereocenters. The van der Waals surface area contributed by atoms with E-state index >= 15 is 0 Å². The van der Waals surface area contributed by atoms with Gasteiger partial charge in [0, 0.05) is 23.4 Å². The van der Waals surface area contributed by atoms with E-state index in [1.165, 1.54) is 6.20 Å². The minimum Gasteiger partial charge on any atom is -0.384 e. The molecule has 0 saturated carbocycles. The van der Waals surface area contributed by atoms with Crippen LogP contribution >= 0.6 is 15.9 Å². The third-order valence-electron chi connectivity index (χ3n) is 2.89. The van der Waals surface area contributed by atoms with E-state index in [-0.39, 0.29) is 4.90 Å². The summed E-state index contributed by atoms with van der Waals surface area (Å²) < 4.78 is 28.5. The summed E-state index contributed by atoms with van der Waals surface area (Å²) in [5.74, 6) is 0. The highest BCUT2D eigenvalue weighted by molar-refractivity contribution is 9.10. The van der Waals surface area contributed by atoms with Crippen LogP contribution in [0.25, 0.3) is 0 Å². The number of pyridine rings is 1. The van der Waals surface area contributed by atoms with Crippen molar-refractivity contribution in [1.82, 2.24) is 4.98 Å². The summed E-state index contributed by atoms with van der Waals surface area (Å²) in [5, 5.41) is 3.03. The highest BCUT2D eigenvalue weighted by Gasteiger charge is 2.19. The summed E-state index contributed by atoms with van der Waals surface area (Å²) in [7, 11) is -3.70. The van der Waals surface area contributed by atoms with Crippen molar-refractivity contribution in [1.29, 1.82) is 0 Å². The van der Waals surface area contributed by atoms with Gasteiger partial charge < -0.3 is 5.32 Å². The zero-order valence-corrected chi connectivity index (χ0v) is 14.1. The van der Waals surface area contributed by atoms with E-state index in [1.807, 2.05) is 26.0 Å². The van der Waals surface area contributed by atoms with E-state index in [4.69, 9.17) is 0 Å². The monoisotopic (exact) mass is 369 g/mol. The van der Waals surface area contributed by atoms with Gasteiger partial charge in [-0.2, -0.15) is 0 Å². The van der Waals surface area contributed by atoms with Gasteiger partial charge in [0.15, 0.2) is 0 Å². The maximum Gasteiger partial charge on any atom is 0.265 e. The maximum absolute atomic E-state index is 12.6. The molecule has 1 aromatic carbocycles. The molecule has 0 aliphatic heterocycles. The molecule has 2 aromatic rings. The predicted molar refractivity (Wildman–Crippen MR) is 88.1 cm³/mol. The van der Waals surface area contributed by atoms with Crippen molar-refractivity contribution in [3.63, 3.8) is 0 Å². The van der Waals surface area contributed by atoms with Gasteiger partial charge in [0.25, 0.3) is 10.0 Å². The molecule has 0 aliphatic rings. The van der Waals surface area contributed by atoms with Gasteiger partial charge in [-0.3, -0.25) is 9.71 Å². The van der Waals surface area contributed by atoms with Gasteiger partial charge >= 0.3 is 0 Å². The molecular formula is C14H16BrN3O2S. The second-order valence-electron chi connectivity index (χ2n) is 4.47. The molecule has 5 nitrogen and oxygen atoms in total. The molecule has 2 N–H and O–H groups in total. The molecule has 1 heterocycles. The van der Waals surface area contributed by atoms with Crippen LogP contribution in [0.4, 0.5) is 11.4 Å². The maximum atomic E-state index is 12.6. The minimum absolute atomic E-state index is 0.131. The Morgan fingerprint density at radius 2 is 2.00 bits per heavy atom. The van der Waals surface area contributed by atoms with E-state index in [9.17, 15) is 8.42 Å². The number of anilines is 2. The third kappa shape index (κ3) is 3.74. The van der Waals surface area contributed by atoms with Gasteiger partial charge in [-0.25, -0.2) is 8.42 Å². The topological polar surface area (TPSA) is 71.1 Å². The molecule has 0 saturated heterocycles. The average Bonchev–Trinajstić information content (AvgIpc) is 2.43. The molecule has 2 rings (SSSR count). The van der Waals surface area contributed by atoms with E-state index in [0.29, 0.717) is 17.9 Å². The van der Waals surface area contributed by atoms with E-state index < -0.39 is 10.0 Å². The quantitative estimate of drug-likeness (QED) is 0.847. The lowest BCUT2D eigenvalue weighted by molar-refractivity contribution is 0.601. The summed E-state index contributed by atoms with van der Waals surface area (Å²) >= 11 is 3.34. The number of hydrogen-bond acceptors (Lipinski definition) is 4. The lowest BCUT2D eigenvalue weighted by Crippen LogP contribution is -2.16. The van der Waals surface area contributed by atoms with E-state index in [1.54, 1.807) is 18.3 Å². The van der Waals surface area contributed by atoms with Gasteiger partial charge in [0.2, 0.25) is 0 Å². The Morgan fingerprint density at radius 1 is 1.24 bits per heavy atom. The number of aromatic nitrogens is 1. The van der Waals surface area contributed by atoms with Crippen molar-refractivity contribution in [2.45, 2.75) is 18.7 Å². The van der Waals surface area contributed by atoms with Gasteiger partial charge in [-0.15, -0.1) is 0 Å². The molecule has 1 aromatic heterocycles. The number of nitrogens with zero attached hydrogens (tertiary/aromatic N) is 1. The molecule has 0 unspecified atom stereocenters. The Kier molecular flexibility index (Phi) is 4.84. The first-order chi connectivity index (χ1) is 9.94. The van der Waals surface area contributed by atoms with Crippen LogP contribution in [0.1, 0.15) is 12.5 Å². The first-order valence-corrected chi connectivity index (χ1v) is 8.68. The molecule has 112 valence electrons. The number of halogens is 1. The van der Waals surface area contributed by atoms with Crippen LogP contribution in [0.2, 0.25) is 0 Å². The molecule has 0 bridgehead atoms. The van der Waals surface area contributed by atoms with Gasteiger partial charge in [0.1, 0.15) is 4.90 Å². The molecule has 21 heavy (non-hydrogen) atoms. The second-order valence-corrected chi connectivity index (χ2v) is 7.03. The number of hydrogen-bond donors (Lipinski definition) is 2. The predicted octanol–water partition coefficient (Wildman–Crippen LogP) is 3.39. The zero-order valence-electron chi connectivity index (χ0n) is 11.7. The Hall–Kier alpha value is -1.60. The first kappa shape index (κ1) is 15.8. The zero-order chi connectivity index (χ0) is 15.5. The summed E-state index contributed by atoms with van der Waals surface area (Å²) in [6, 6.07) is 7.08. The highest BCUT2D eigenvalue weighted by Crippen LogP contribution is 2.26. The van der Waals surface area contributed by atoms with Crippen LogP contribution in [0.3, 0.4) is 0 Å². The fourth-order valence-corrected chi connectivity index (χ4v) is 3.44. The van der Waals surface area contributed by atoms with Crippen molar-refractivity contribution < 1.29 is 8.42 Å². The van der Waals surface area contributed by atoms with Crippen LogP contribution in [-0.2, 0) is 10.0 Å². The van der Waals surface area contributed by atoms with Crippen LogP contribution in [-0.4, -0.2) is 19.9 Å². The number of rotatable bonds is 5. The fourth-order valence-electron chi connectivity index (χ4n) is 1.83. The molecule has 0 amide bonds. The van der Waals surface area contributed by atoms with Gasteiger partial charge in [-0.1, -0.05) is 22.0 Å². The summed E-state index contributed by atoms with van der Waals surface area (Å²) in [5.41, 5.74) is 1.92. The average molecular weight is 370 g/mol. The standard InChI is InChI=1S/C14H16BrN3O2S/c1-3-17-12-6-7-16-9-14(12)21(19,20)18-13-8-11(15)5-4-10(13)2/h4-9,18H,3H2,1-2H3,(H,16,17). The molecule has 7 heteroatoms. The van der Waals surface area contributed by atoms with Crippen molar-refractivity contribution in [2.24, 2.45) is 0 Å². The Bertz CT molecular complexity index is 748. The van der Waals surface area contributed by atoms with Crippen molar-refractivity contribution in [3.05, 3.63) is 46.7 Å². The second kappa shape index (κ2) is 6.44. The molecular weight excluding hydrogens is 354 g/mol. The fraction of sp³-hybridized carbons (Fsp3) is 0.214. The molecule has 0 fully saturated rings. The number of nitrogens with one attached hydrogen (secondary N) is 2. The Morgan fingerprint density at radius 3 is 2.71 bits per heavy atom. The SMILES string of the molecule is CCNc1ccncc1S(=O)(=O)Nc1cc(Br)ccc1C. The summed E-state index contributed by atoms with van der Waals surface area (Å²) in [4.78, 5) is 4.04. The van der Waals surface area contributed by atoms with Gasteiger partial charge in [-0.05, 0) is 37.6 Å². The largest absolute Gasteiger partial charge is 0.384 e. The van der Waals surface area contributed by atoms with Crippen LogP contribution in [0, 0.1) is 6.92 Å². The smallest absolute Gasteiger partial charge is 0.265 e. The van der Waals surface area contributed by atoms with Crippen molar-refractivity contribution in [3.8, 4) is 0 Å². The molecule has 0 aliphatic carbocycles. The van der Waals surface area contributed by atoms with Gasteiger partial charge in [0.05, 0.1) is 11.4 Å². The molecule has 0 spiro atoms. The lowest BCUT2D eigenvalue weighted by Gasteiger charge is -2.14. The van der Waals surface area contributed by atoms with E-state index in [0.717, 1.165) is 10.0 Å². The summed E-state index contributed by atoms with van der Waals surface area (Å²) in [6.45, 7) is 4.38. The minimum atomic E-state index is -3.70. The van der Waals surface area contributed by atoms with Crippen molar-refractivity contribution in [2.75, 3.05) is 16.6 Å². The van der Waals surface area contributed by atoms with E-state index in [2.05, 4.69) is 31.0 Å². The lowest BCUT2D eigenvalue weighted by atomic mass is 10.2. The van der Waals surface area contributed by atoms with Crippen LogP contribution in [0.15, 0.2) is 46.0 Å². The number of sulfonamides is 1. The van der Waals surface area contributed by atoms with Crippen LogP contribution in [0.5, 0.6) is 0 Å². The first-order valence-electron chi connectivity index (χ1n) is 6.41. The highest BCUT2D eigenvalue weighted by atomic mass is 79.9. The Balaban J connectivity index is 2.41. The molecule has 0 radical (unpaired) electrons. The van der Waals surface area contributed by atoms with Crippen LogP contribution < -0.4 is 10.0 Å². The third-order valence-corrected chi connectivity index (χ3v) is 4.77. The normalized spacial score (nSPS) is 11.2. The number of aryl methyl sites for hydroxylation is 1. The Labute approximate surface area is 133 Å². The summed E-state index contributed by atoms with van der Waals surface area (Å²) in [6.07, 6.45) is 2.90. The van der Waals surface area contributed by atoms with Crippen molar-refractivity contribution >= 4 is 37.3 Å². The number of benzene rings is 1.